The summed E-state index contributed by atoms with van der Waals surface area (Å²) in [6.07, 6.45) is 7.40. The summed E-state index contributed by atoms with van der Waals surface area (Å²) >= 11 is 0. The maximum Gasteiger partial charge on any atom is 0.135 e. The number of benzene rings is 1. The molecule has 0 amide bonds. The van der Waals surface area contributed by atoms with E-state index >= 15 is 0 Å². The van der Waals surface area contributed by atoms with E-state index in [4.69, 9.17) is 0 Å². The van der Waals surface area contributed by atoms with Crippen LogP contribution in [0.4, 0.5) is 0 Å². The van der Waals surface area contributed by atoms with Crippen molar-refractivity contribution in [1.82, 2.24) is 9.55 Å². The number of ketones is 1. The molecule has 0 atom stereocenters. The van der Waals surface area contributed by atoms with Gasteiger partial charge in [0.2, 0.25) is 0 Å². The normalized spacial score (nSPS) is 10.5. The topological polar surface area (TPSA) is 34.9 Å². The number of rotatable bonds is 6. The molecule has 0 aliphatic rings. The third-order valence-corrected chi connectivity index (χ3v) is 3.02. The van der Waals surface area contributed by atoms with E-state index in [1.54, 1.807) is 12.5 Å². The van der Waals surface area contributed by atoms with Gasteiger partial charge in [-0.3, -0.25) is 4.79 Å². The number of hydrogen-bond acceptors (Lipinski definition) is 2. The summed E-state index contributed by atoms with van der Waals surface area (Å²) in [4.78, 5) is 15.7. The van der Waals surface area contributed by atoms with Crippen LogP contribution in [0.2, 0.25) is 0 Å². The van der Waals surface area contributed by atoms with Crippen molar-refractivity contribution in [1.29, 1.82) is 0 Å². The van der Waals surface area contributed by atoms with Crippen molar-refractivity contribution in [3.05, 3.63) is 54.1 Å². The molecular weight excluding hydrogens is 224 g/mol. The molecule has 0 radical (unpaired) electrons. The van der Waals surface area contributed by atoms with Gasteiger partial charge < -0.3 is 4.57 Å². The second kappa shape index (κ2) is 6.15. The molecule has 0 fully saturated rings. The number of carbonyl (C=O) groups is 1. The molecule has 2 rings (SSSR count). The first-order chi connectivity index (χ1) is 8.74. The maximum absolute atomic E-state index is 11.7. The monoisotopic (exact) mass is 242 g/mol. The number of aryl methyl sites for hydroxylation is 3. The highest BCUT2D eigenvalue weighted by atomic mass is 16.1. The minimum Gasteiger partial charge on any atom is -0.337 e. The highest BCUT2D eigenvalue weighted by molar-refractivity contribution is 5.78. The van der Waals surface area contributed by atoms with E-state index in [2.05, 4.69) is 36.2 Å². The molecule has 0 saturated heterocycles. The minimum absolute atomic E-state index is 0.310. The van der Waals surface area contributed by atoms with Crippen molar-refractivity contribution in [3.8, 4) is 0 Å². The van der Waals surface area contributed by atoms with Crippen molar-refractivity contribution in [2.45, 2.75) is 32.7 Å². The van der Waals surface area contributed by atoms with Crippen LogP contribution < -0.4 is 0 Å². The van der Waals surface area contributed by atoms with Crippen molar-refractivity contribution in [3.63, 3.8) is 0 Å². The minimum atomic E-state index is 0.310. The lowest BCUT2D eigenvalue weighted by molar-refractivity contribution is -0.119. The van der Waals surface area contributed by atoms with E-state index in [9.17, 15) is 4.79 Å². The van der Waals surface area contributed by atoms with Gasteiger partial charge in [-0.05, 0) is 18.9 Å². The van der Waals surface area contributed by atoms with Crippen molar-refractivity contribution in [2.75, 3.05) is 0 Å². The van der Waals surface area contributed by atoms with Gasteiger partial charge in [-0.2, -0.15) is 0 Å². The Bertz CT molecular complexity index is 486. The van der Waals surface area contributed by atoms with Crippen LogP contribution in [-0.4, -0.2) is 15.3 Å². The van der Waals surface area contributed by atoms with Crippen LogP contribution in [0.25, 0.3) is 0 Å². The summed E-state index contributed by atoms with van der Waals surface area (Å²) in [6.45, 7) is 2.80. The fourth-order valence-corrected chi connectivity index (χ4v) is 1.84. The summed E-state index contributed by atoms with van der Waals surface area (Å²) in [5, 5.41) is 0. The Hall–Kier alpha value is -1.90. The van der Waals surface area contributed by atoms with Gasteiger partial charge in [0.15, 0.2) is 0 Å². The lowest BCUT2D eigenvalue weighted by Crippen LogP contribution is -2.05. The molecule has 2 aromatic rings. The third kappa shape index (κ3) is 3.84. The molecule has 1 aromatic carbocycles. The van der Waals surface area contributed by atoms with E-state index in [1.807, 2.05) is 10.8 Å². The Kier molecular flexibility index (Phi) is 4.29. The fraction of sp³-hybridized carbons (Fsp3) is 0.333. The Morgan fingerprint density at radius 3 is 2.67 bits per heavy atom. The van der Waals surface area contributed by atoms with Crippen LogP contribution in [-0.2, 0) is 17.8 Å². The van der Waals surface area contributed by atoms with Crippen molar-refractivity contribution >= 4 is 5.78 Å². The number of nitrogens with zero attached hydrogens (tertiary/aromatic N) is 2. The highest BCUT2D eigenvalue weighted by Gasteiger charge is 2.03. The molecular formula is C15H18N2O. The zero-order valence-corrected chi connectivity index (χ0v) is 10.7. The van der Waals surface area contributed by atoms with Crippen LogP contribution in [0.5, 0.6) is 0 Å². The Morgan fingerprint density at radius 1 is 1.22 bits per heavy atom. The summed E-state index contributed by atoms with van der Waals surface area (Å²) < 4.78 is 1.93. The summed E-state index contributed by atoms with van der Waals surface area (Å²) in [5.41, 5.74) is 2.49. The van der Waals surface area contributed by atoms with Gasteiger partial charge in [-0.1, -0.05) is 29.8 Å². The first-order valence-corrected chi connectivity index (χ1v) is 6.27. The summed E-state index contributed by atoms with van der Waals surface area (Å²) in [6, 6.07) is 8.37. The van der Waals surface area contributed by atoms with Gasteiger partial charge in [0, 0.05) is 31.8 Å². The van der Waals surface area contributed by atoms with E-state index in [-0.39, 0.29) is 0 Å². The third-order valence-electron chi connectivity index (χ3n) is 3.02. The molecule has 3 heteroatoms. The van der Waals surface area contributed by atoms with E-state index < -0.39 is 0 Å². The van der Waals surface area contributed by atoms with Crippen LogP contribution in [0.3, 0.4) is 0 Å². The van der Waals surface area contributed by atoms with Crippen molar-refractivity contribution in [2.24, 2.45) is 0 Å². The quantitative estimate of drug-likeness (QED) is 0.780. The fourth-order valence-electron chi connectivity index (χ4n) is 1.84. The molecule has 0 spiro atoms. The average Bonchev–Trinajstić information content (AvgIpc) is 2.89. The van der Waals surface area contributed by atoms with Gasteiger partial charge in [0.25, 0.3) is 0 Å². The number of carbonyl (C=O) groups excluding carboxylic acids is 1. The zero-order valence-electron chi connectivity index (χ0n) is 10.7. The van der Waals surface area contributed by atoms with Crippen molar-refractivity contribution < 1.29 is 4.79 Å². The SMILES string of the molecule is Cc1ccc(CCC(=O)CCn2ccnc2)cc1. The molecule has 1 heterocycles. The second-order valence-corrected chi connectivity index (χ2v) is 4.57. The smallest absolute Gasteiger partial charge is 0.135 e. The molecule has 1 aromatic heterocycles. The highest BCUT2D eigenvalue weighted by Crippen LogP contribution is 2.07. The number of aromatic nitrogens is 2. The molecule has 0 aliphatic carbocycles. The summed E-state index contributed by atoms with van der Waals surface area (Å²) in [7, 11) is 0. The average molecular weight is 242 g/mol. The lowest BCUT2D eigenvalue weighted by atomic mass is 10.0. The first-order valence-electron chi connectivity index (χ1n) is 6.27. The maximum atomic E-state index is 11.7. The standard InChI is InChI=1S/C15H18N2O/c1-13-2-4-14(5-3-13)6-7-15(18)8-10-17-11-9-16-12-17/h2-5,9,11-12H,6-8,10H2,1H3. The molecule has 0 aliphatic heterocycles. The number of hydrogen-bond donors (Lipinski definition) is 0. The Balaban J connectivity index is 1.73. The number of Topliss-reactive ketones (excluding diaryl/α,β-unsaturated/α-hetero) is 1. The molecule has 0 unspecified atom stereocenters. The van der Waals surface area contributed by atoms with Gasteiger partial charge in [0.1, 0.15) is 5.78 Å². The molecule has 0 N–H and O–H groups in total. The van der Waals surface area contributed by atoms with Gasteiger partial charge >= 0.3 is 0 Å². The molecule has 0 bridgehead atoms. The molecule has 3 nitrogen and oxygen atoms in total. The second-order valence-electron chi connectivity index (χ2n) is 4.57. The van der Waals surface area contributed by atoms with Crippen LogP contribution in [0, 0.1) is 6.92 Å². The molecule has 94 valence electrons. The van der Waals surface area contributed by atoms with Crippen LogP contribution in [0.1, 0.15) is 24.0 Å². The van der Waals surface area contributed by atoms with Gasteiger partial charge in [-0.15, -0.1) is 0 Å². The van der Waals surface area contributed by atoms with E-state index in [0.717, 1.165) is 13.0 Å². The Labute approximate surface area is 107 Å². The van der Waals surface area contributed by atoms with E-state index in [1.165, 1.54) is 11.1 Å². The summed E-state index contributed by atoms with van der Waals surface area (Å²) in [5.74, 6) is 0.310. The predicted molar refractivity (Wildman–Crippen MR) is 71.4 cm³/mol. The van der Waals surface area contributed by atoms with Crippen LogP contribution >= 0.6 is 0 Å². The predicted octanol–water partition coefficient (Wildman–Crippen LogP) is 2.78. The largest absolute Gasteiger partial charge is 0.337 e. The van der Waals surface area contributed by atoms with Gasteiger partial charge in [-0.25, -0.2) is 4.98 Å². The first kappa shape index (κ1) is 12.6. The number of imidazole rings is 1. The Morgan fingerprint density at radius 2 is 2.00 bits per heavy atom. The lowest BCUT2D eigenvalue weighted by Gasteiger charge is -2.03. The zero-order chi connectivity index (χ0) is 12.8. The van der Waals surface area contributed by atoms with Crippen LogP contribution in [0.15, 0.2) is 43.0 Å². The molecule has 0 saturated carbocycles. The van der Waals surface area contributed by atoms with E-state index in [0.29, 0.717) is 18.6 Å². The molecule has 18 heavy (non-hydrogen) atoms. The van der Waals surface area contributed by atoms with Gasteiger partial charge in [0.05, 0.1) is 6.33 Å².